The van der Waals surface area contributed by atoms with Crippen LogP contribution in [0.4, 0.5) is 27.6 Å². The van der Waals surface area contributed by atoms with E-state index in [-0.39, 0.29) is 25.4 Å². The number of nitrogens with one attached hydrogen (secondary N) is 1. The summed E-state index contributed by atoms with van der Waals surface area (Å²) in [7, 11) is -2.59. The minimum atomic E-state index is -4.72. The Morgan fingerprint density at radius 1 is 1.11 bits per heavy atom. The number of rotatable bonds is 6. The maximum Gasteiger partial charge on any atom is 0.419 e. The topological polar surface area (TPSA) is 58.6 Å². The average molecular weight is 553 g/mol. The molecule has 0 spiro atoms. The van der Waals surface area contributed by atoms with Crippen molar-refractivity contribution in [3.63, 3.8) is 0 Å². The Balaban J connectivity index is 1.69. The number of alkyl halides is 3. The molecule has 0 bridgehead atoms. The van der Waals surface area contributed by atoms with Crippen LogP contribution in [0.1, 0.15) is 12.0 Å². The Bertz CT molecular complexity index is 1340. The van der Waals surface area contributed by atoms with Gasteiger partial charge in [-0.25, -0.2) is 17.2 Å². The van der Waals surface area contributed by atoms with Crippen molar-refractivity contribution in [1.29, 1.82) is 0 Å². The highest BCUT2D eigenvalue weighted by molar-refractivity contribution is 7.94. The number of benzene rings is 2. The van der Waals surface area contributed by atoms with Crippen molar-refractivity contribution in [3.8, 4) is 16.9 Å². The molecule has 0 radical (unpaired) electrons. The number of anilines is 1. The first kappa shape index (κ1) is 25.7. The van der Waals surface area contributed by atoms with E-state index in [0.29, 0.717) is 36.9 Å². The zero-order valence-corrected chi connectivity index (χ0v) is 20.4. The van der Waals surface area contributed by atoms with Gasteiger partial charge in [0.1, 0.15) is 27.7 Å². The molecule has 1 N–H and O–H groups in total. The van der Waals surface area contributed by atoms with E-state index in [1.807, 2.05) is 11.9 Å². The monoisotopic (exact) mass is 552 g/mol. The summed E-state index contributed by atoms with van der Waals surface area (Å²) in [6.45, 7) is 1.08. The molecule has 0 saturated carbocycles. The van der Waals surface area contributed by atoms with Crippen LogP contribution in [0.5, 0.6) is 5.75 Å². The molecule has 0 aliphatic carbocycles. The molecule has 1 saturated heterocycles. The first-order chi connectivity index (χ1) is 16.3. The molecule has 5 nitrogen and oxygen atoms in total. The average Bonchev–Trinajstić information content (AvgIpc) is 3.32. The Kier molecular flexibility index (Phi) is 7.02. The van der Waals surface area contributed by atoms with Gasteiger partial charge in [0.15, 0.2) is 0 Å². The van der Waals surface area contributed by atoms with Crippen molar-refractivity contribution in [3.05, 3.63) is 64.0 Å². The standard InChI is InChI=1S/C22H18ClF5N2O3S2/c1-30-5-4-16(11-30)33-19-9-15(2-3-18(19)22(26,27)28)29-35(31,32)21-17(10-20(23)34-21)12-6-13(24)8-14(25)7-12/h2-3,6-10,16,29H,4-5,11H2,1H3. The summed E-state index contributed by atoms with van der Waals surface area (Å²) >= 11 is 6.64. The molecule has 4 rings (SSSR count). The van der Waals surface area contributed by atoms with Crippen molar-refractivity contribution >= 4 is 38.6 Å². The van der Waals surface area contributed by atoms with E-state index in [1.165, 1.54) is 6.07 Å². The van der Waals surface area contributed by atoms with Crippen LogP contribution in [-0.2, 0) is 16.2 Å². The van der Waals surface area contributed by atoms with Crippen molar-refractivity contribution in [2.24, 2.45) is 0 Å². The largest absolute Gasteiger partial charge is 0.488 e. The molecule has 0 amide bonds. The zero-order valence-electron chi connectivity index (χ0n) is 18.0. The first-order valence-electron chi connectivity index (χ1n) is 10.2. The maximum absolute atomic E-state index is 13.7. The molecule has 2 heterocycles. The Morgan fingerprint density at radius 3 is 2.40 bits per heavy atom. The number of nitrogens with zero attached hydrogens (tertiary/aromatic N) is 1. The van der Waals surface area contributed by atoms with Crippen molar-refractivity contribution in [1.82, 2.24) is 4.90 Å². The summed E-state index contributed by atoms with van der Waals surface area (Å²) < 4.78 is 102. The minimum Gasteiger partial charge on any atom is -0.488 e. The van der Waals surface area contributed by atoms with E-state index in [0.717, 1.165) is 30.3 Å². The third kappa shape index (κ3) is 5.88. The fraction of sp³-hybridized carbons (Fsp3) is 0.273. The van der Waals surface area contributed by atoms with E-state index >= 15 is 0 Å². The van der Waals surface area contributed by atoms with Gasteiger partial charge in [0.25, 0.3) is 10.0 Å². The van der Waals surface area contributed by atoms with E-state index in [9.17, 15) is 30.4 Å². The zero-order chi connectivity index (χ0) is 25.5. The lowest BCUT2D eigenvalue weighted by molar-refractivity contribution is -0.139. The molecule has 1 atom stereocenters. The van der Waals surface area contributed by atoms with E-state index in [1.54, 1.807) is 0 Å². The molecule has 1 aromatic heterocycles. The van der Waals surface area contributed by atoms with Crippen LogP contribution >= 0.6 is 22.9 Å². The summed E-state index contributed by atoms with van der Waals surface area (Å²) in [5.41, 5.74) is -1.33. The van der Waals surface area contributed by atoms with E-state index in [2.05, 4.69) is 4.72 Å². The molecule has 188 valence electrons. The number of hydrogen-bond acceptors (Lipinski definition) is 5. The fourth-order valence-corrected chi connectivity index (χ4v) is 6.69. The first-order valence-corrected chi connectivity index (χ1v) is 12.8. The van der Waals surface area contributed by atoms with Gasteiger partial charge in [-0.2, -0.15) is 13.2 Å². The number of hydrogen-bond donors (Lipinski definition) is 1. The molecule has 35 heavy (non-hydrogen) atoms. The molecular weight excluding hydrogens is 535 g/mol. The van der Waals surface area contributed by atoms with E-state index in [4.69, 9.17) is 16.3 Å². The van der Waals surface area contributed by atoms with Crippen molar-refractivity contribution < 1.29 is 35.1 Å². The van der Waals surface area contributed by atoms with Gasteiger partial charge in [-0.3, -0.25) is 4.72 Å². The van der Waals surface area contributed by atoms with Gasteiger partial charge in [-0.15, -0.1) is 11.3 Å². The lowest BCUT2D eigenvalue weighted by Gasteiger charge is -2.19. The predicted molar refractivity (Wildman–Crippen MR) is 123 cm³/mol. The Morgan fingerprint density at radius 2 is 1.80 bits per heavy atom. The highest BCUT2D eigenvalue weighted by atomic mass is 35.5. The van der Waals surface area contributed by atoms with Crippen LogP contribution in [0.2, 0.25) is 4.34 Å². The number of thiophene rings is 1. The molecular formula is C22H18ClF5N2O3S2. The van der Waals surface area contributed by atoms with Gasteiger partial charge in [-0.1, -0.05) is 11.6 Å². The Hall–Kier alpha value is -2.41. The lowest BCUT2D eigenvalue weighted by Crippen LogP contribution is -2.23. The van der Waals surface area contributed by atoms with Gasteiger partial charge in [0.05, 0.1) is 15.6 Å². The third-order valence-electron chi connectivity index (χ3n) is 5.27. The third-order valence-corrected chi connectivity index (χ3v) is 8.45. The van der Waals surface area contributed by atoms with Gasteiger partial charge in [-0.05, 0) is 49.4 Å². The van der Waals surface area contributed by atoms with E-state index < -0.39 is 45.3 Å². The normalized spacial score (nSPS) is 17.1. The quantitative estimate of drug-likeness (QED) is 0.367. The number of sulfonamides is 1. The predicted octanol–water partition coefficient (Wildman–Crippen LogP) is 6.25. The van der Waals surface area contributed by atoms with Crippen LogP contribution in [-0.4, -0.2) is 39.6 Å². The maximum atomic E-state index is 13.7. The lowest BCUT2D eigenvalue weighted by atomic mass is 10.1. The number of halogens is 6. The van der Waals surface area contributed by atoms with Crippen molar-refractivity contribution in [2.45, 2.75) is 22.9 Å². The summed E-state index contributed by atoms with van der Waals surface area (Å²) in [6.07, 6.45) is -4.68. The van der Waals surface area contributed by atoms with Crippen LogP contribution in [0, 0.1) is 11.6 Å². The molecule has 13 heteroatoms. The number of ether oxygens (including phenoxy) is 1. The molecule has 3 aromatic rings. The molecule has 1 aliphatic heterocycles. The van der Waals surface area contributed by atoms with Gasteiger partial charge in [0, 0.05) is 30.8 Å². The molecule has 1 aliphatic rings. The summed E-state index contributed by atoms with van der Waals surface area (Å²) in [6, 6.07) is 6.44. The van der Waals surface area contributed by atoms with Gasteiger partial charge >= 0.3 is 6.18 Å². The van der Waals surface area contributed by atoms with Crippen LogP contribution in [0.25, 0.3) is 11.1 Å². The van der Waals surface area contributed by atoms with Crippen molar-refractivity contribution in [2.75, 3.05) is 24.9 Å². The van der Waals surface area contributed by atoms with Crippen LogP contribution in [0.15, 0.2) is 46.7 Å². The molecule has 1 unspecified atom stereocenters. The highest BCUT2D eigenvalue weighted by Crippen LogP contribution is 2.41. The summed E-state index contributed by atoms with van der Waals surface area (Å²) in [4.78, 5) is 1.90. The van der Waals surface area contributed by atoms with Gasteiger partial charge in [0.2, 0.25) is 0 Å². The number of likely N-dealkylation sites (tertiary alicyclic amines) is 1. The minimum absolute atomic E-state index is 0.0341. The Labute approximate surface area is 207 Å². The fourth-order valence-electron chi connectivity index (χ4n) is 3.74. The van der Waals surface area contributed by atoms with Crippen LogP contribution in [0.3, 0.4) is 0 Å². The SMILES string of the molecule is CN1CCC(Oc2cc(NS(=O)(=O)c3sc(Cl)cc3-c3cc(F)cc(F)c3)ccc2C(F)(F)F)C1. The van der Waals surface area contributed by atoms with Gasteiger partial charge < -0.3 is 9.64 Å². The smallest absolute Gasteiger partial charge is 0.419 e. The number of likely N-dealkylation sites (N-methyl/N-ethyl adjacent to an activating group) is 1. The molecule has 2 aromatic carbocycles. The molecule has 1 fully saturated rings. The van der Waals surface area contributed by atoms with Crippen LogP contribution < -0.4 is 9.46 Å². The second-order valence-corrected chi connectivity index (χ2v) is 11.6. The summed E-state index contributed by atoms with van der Waals surface area (Å²) in [5, 5.41) is 0. The summed E-state index contributed by atoms with van der Waals surface area (Å²) in [5.74, 6) is -2.34. The highest BCUT2D eigenvalue weighted by Gasteiger charge is 2.36. The second-order valence-electron chi connectivity index (χ2n) is 8.01. The second kappa shape index (κ2) is 9.57.